The number of hydrogen-bond acceptors (Lipinski definition) is 2. The number of aliphatic hydroxyl groups excluding tert-OH is 1. The van der Waals surface area contributed by atoms with E-state index in [2.05, 4.69) is 5.32 Å². The normalized spacial score (nSPS) is 13.9. The quantitative estimate of drug-likeness (QED) is 0.858. The highest BCUT2D eigenvalue weighted by Crippen LogP contribution is 2.23. The lowest BCUT2D eigenvalue weighted by molar-refractivity contribution is 0.163. The van der Waals surface area contributed by atoms with Crippen molar-refractivity contribution >= 4 is 11.6 Å². The van der Waals surface area contributed by atoms with Crippen LogP contribution < -0.4 is 5.32 Å². The Bertz CT molecular complexity index is 363. The predicted octanol–water partition coefficient (Wildman–Crippen LogP) is 2.90. The zero-order chi connectivity index (χ0) is 12.3. The fourth-order valence-corrected chi connectivity index (χ4v) is 1.53. The largest absolute Gasteiger partial charge is 0.387 e. The predicted molar refractivity (Wildman–Crippen MR) is 64.1 cm³/mol. The van der Waals surface area contributed by atoms with Crippen LogP contribution in [0, 0.1) is 5.82 Å². The summed E-state index contributed by atoms with van der Waals surface area (Å²) in [7, 11) is 0. The van der Waals surface area contributed by atoms with Gasteiger partial charge in [-0.05, 0) is 39.0 Å². The molecule has 1 aromatic carbocycles. The molecule has 0 saturated heterocycles. The van der Waals surface area contributed by atoms with Gasteiger partial charge in [0.2, 0.25) is 0 Å². The number of nitrogens with one attached hydrogen (secondary N) is 1. The summed E-state index contributed by atoms with van der Waals surface area (Å²) in [6.45, 7) is 6.32. The Morgan fingerprint density at radius 2 is 2.06 bits per heavy atom. The van der Waals surface area contributed by atoms with E-state index in [1.807, 2.05) is 20.8 Å². The van der Waals surface area contributed by atoms with E-state index in [9.17, 15) is 9.50 Å². The number of rotatable bonds is 3. The van der Waals surface area contributed by atoms with Crippen molar-refractivity contribution < 1.29 is 9.50 Å². The fourth-order valence-electron chi connectivity index (χ4n) is 1.28. The Kier molecular flexibility index (Phi) is 4.30. The van der Waals surface area contributed by atoms with Crippen molar-refractivity contribution in [2.75, 3.05) is 6.54 Å². The molecule has 0 aromatic heterocycles. The lowest BCUT2D eigenvalue weighted by Crippen LogP contribution is -2.38. The first-order valence-corrected chi connectivity index (χ1v) is 5.55. The third-order valence-electron chi connectivity index (χ3n) is 2.14. The molecule has 0 aliphatic carbocycles. The summed E-state index contributed by atoms with van der Waals surface area (Å²) in [6, 6.07) is 3.99. The van der Waals surface area contributed by atoms with Crippen molar-refractivity contribution in [3.8, 4) is 0 Å². The van der Waals surface area contributed by atoms with Gasteiger partial charge in [-0.2, -0.15) is 0 Å². The van der Waals surface area contributed by atoms with E-state index < -0.39 is 11.9 Å². The second-order valence-electron chi connectivity index (χ2n) is 4.81. The van der Waals surface area contributed by atoms with E-state index in [0.29, 0.717) is 17.1 Å². The van der Waals surface area contributed by atoms with Crippen molar-refractivity contribution in [1.82, 2.24) is 5.32 Å². The van der Waals surface area contributed by atoms with E-state index >= 15 is 0 Å². The van der Waals surface area contributed by atoms with Crippen LogP contribution in [0.1, 0.15) is 32.4 Å². The van der Waals surface area contributed by atoms with Crippen LogP contribution in [0.15, 0.2) is 18.2 Å². The molecule has 1 unspecified atom stereocenters. The van der Waals surface area contributed by atoms with Crippen molar-refractivity contribution in [3.63, 3.8) is 0 Å². The van der Waals surface area contributed by atoms with Gasteiger partial charge in [0, 0.05) is 22.7 Å². The van der Waals surface area contributed by atoms with Crippen LogP contribution in [0.5, 0.6) is 0 Å². The van der Waals surface area contributed by atoms with Crippen LogP contribution in [0.2, 0.25) is 5.02 Å². The maximum Gasteiger partial charge on any atom is 0.123 e. The first-order chi connectivity index (χ1) is 7.29. The molecule has 0 radical (unpaired) electrons. The molecule has 0 saturated carbocycles. The topological polar surface area (TPSA) is 32.3 Å². The third kappa shape index (κ3) is 4.08. The van der Waals surface area contributed by atoms with Crippen LogP contribution in [0.4, 0.5) is 4.39 Å². The molecule has 0 aliphatic heterocycles. The minimum atomic E-state index is -0.803. The summed E-state index contributed by atoms with van der Waals surface area (Å²) >= 11 is 5.89. The molecular formula is C12H17ClFNO. The molecule has 2 N–H and O–H groups in total. The molecule has 4 heteroatoms. The van der Waals surface area contributed by atoms with Gasteiger partial charge in [0.15, 0.2) is 0 Å². The minimum Gasteiger partial charge on any atom is -0.387 e. The highest BCUT2D eigenvalue weighted by molar-refractivity contribution is 6.31. The maximum absolute atomic E-state index is 13.0. The van der Waals surface area contributed by atoms with Crippen LogP contribution in [0.3, 0.4) is 0 Å². The first-order valence-electron chi connectivity index (χ1n) is 5.17. The second kappa shape index (κ2) is 5.13. The Hall–Kier alpha value is -0.640. The molecule has 16 heavy (non-hydrogen) atoms. The van der Waals surface area contributed by atoms with E-state index in [0.717, 1.165) is 0 Å². The molecule has 0 heterocycles. The molecule has 1 rings (SSSR count). The summed E-state index contributed by atoms with van der Waals surface area (Å²) in [5.74, 6) is -0.394. The summed E-state index contributed by atoms with van der Waals surface area (Å²) in [4.78, 5) is 0. The van der Waals surface area contributed by atoms with Gasteiger partial charge in [-0.25, -0.2) is 4.39 Å². The molecule has 0 aliphatic rings. The zero-order valence-corrected chi connectivity index (χ0v) is 10.5. The molecule has 90 valence electrons. The summed E-state index contributed by atoms with van der Waals surface area (Å²) in [5, 5.41) is 13.4. The zero-order valence-electron chi connectivity index (χ0n) is 9.72. The Balaban J connectivity index is 2.73. The van der Waals surface area contributed by atoms with Crippen molar-refractivity contribution in [1.29, 1.82) is 0 Å². The van der Waals surface area contributed by atoms with Gasteiger partial charge >= 0.3 is 0 Å². The maximum atomic E-state index is 13.0. The summed E-state index contributed by atoms with van der Waals surface area (Å²) in [5.41, 5.74) is 0.319. The van der Waals surface area contributed by atoms with E-state index in [1.165, 1.54) is 18.2 Å². The molecule has 0 fully saturated rings. The molecule has 0 amide bonds. The van der Waals surface area contributed by atoms with Crippen molar-refractivity contribution in [3.05, 3.63) is 34.6 Å². The Labute approximate surface area is 100 Å². The number of aliphatic hydroxyl groups is 1. The number of hydrogen-bond donors (Lipinski definition) is 2. The Morgan fingerprint density at radius 3 is 2.62 bits per heavy atom. The lowest BCUT2D eigenvalue weighted by atomic mass is 10.1. The summed E-state index contributed by atoms with van der Waals surface area (Å²) in [6.07, 6.45) is -0.803. The van der Waals surface area contributed by atoms with Crippen LogP contribution in [-0.2, 0) is 0 Å². The highest BCUT2D eigenvalue weighted by atomic mass is 35.5. The second-order valence-corrected chi connectivity index (χ2v) is 5.22. The lowest BCUT2D eigenvalue weighted by Gasteiger charge is -2.23. The first kappa shape index (κ1) is 13.4. The van der Waals surface area contributed by atoms with Gasteiger partial charge in [-0.1, -0.05) is 11.6 Å². The fraction of sp³-hybridized carbons (Fsp3) is 0.500. The minimum absolute atomic E-state index is 0.0964. The number of halogens is 2. The molecular weight excluding hydrogens is 229 g/mol. The number of β-amino-alcohol motifs (C(OH)–C–C–N with tert-alkyl or cyclic N) is 1. The highest BCUT2D eigenvalue weighted by Gasteiger charge is 2.16. The van der Waals surface area contributed by atoms with Crippen LogP contribution in [0.25, 0.3) is 0 Å². The monoisotopic (exact) mass is 245 g/mol. The van der Waals surface area contributed by atoms with Gasteiger partial charge in [-0.3, -0.25) is 0 Å². The Morgan fingerprint density at radius 1 is 1.44 bits per heavy atom. The number of benzene rings is 1. The average molecular weight is 246 g/mol. The van der Waals surface area contributed by atoms with Crippen LogP contribution >= 0.6 is 11.6 Å². The smallest absolute Gasteiger partial charge is 0.123 e. The van der Waals surface area contributed by atoms with Gasteiger partial charge in [0.05, 0.1) is 6.10 Å². The average Bonchev–Trinajstić information content (AvgIpc) is 2.17. The van der Waals surface area contributed by atoms with Gasteiger partial charge < -0.3 is 10.4 Å². The van der Waals surface area contributed by atoms with E-state index in [4.69, 9.17) is 11.6 Å². The van der Waals surface area contributed by atoms with Gasteiger partial charge in [0.25, 0.3) is 0 Å². The molecule has 1 aromatic rings. The van der Waals surface area contributed by atoms with Crippen molar-refractivity contribution in [2.24, 2.45) is 0 Å². The molecule has 0 bridgehead atoms. The molecule has 1 atom stereocenters. The summed E-state index contributed by atoms with van der Waals surface area (Å²) < 4.78 is 13.0. The van der Waals surface area contributed by atoms with Gasteiger partial charge in [-0.15, -0.1) is 0 Å². The van der Waals surface area contributed by atoms with Crippen molar-refractivity contribution in [2.45, 2.75) is 32.4 Å². The SMILES string of the molecule is CC(C)(C)NCC(O)c1cc(F)ccc1Cl. The van der Waals surface area contributed by atoms with E-state index in [1.54, 1.807) is 0 Å². The molecule has 2 nitrogen and oxygen atoms in total. The van der Waals surface area contributed by atoms with Crippen LogP contribution in [-0.4, -0.2) is 17.2 Å². The standard InChI is InChI=1S/C12H17ClFNO/c1-12(2,3)15-7-11(16)9-6-8(14)4-5-10(9)13/h4-6,11,15-16H,7H2,1-3H3. The van der Waals surface area contributed by atoms with Gasteiger partial charge in [0.1, 0.15) is 5.82 Å². The third-order valence-corrected chi connectivity index (χ3v) is 2.49. The van der Waals surface area contributed by atoms with E-state index in [-0.39, 0.29) is 5.54 Å². The molecule has 0 spiro atoms.